The number of nitrogens with zero attached hydrogens (tertiary/aromatic N) is 3. The molecule has 0 radical (unpaired) electrons. The van der Waals surface area contributed by atoms with Crippen LogP contribution >= 0.6 is 0 Å². The van der Waals surface area contributed by atoms with E-state index in [4.69, 9.17) is 5.84 Å². The van der Waals surface area contributed by atoms with Gasteiger partial charge in [0.25, 0.3) is 0 Å². The van der Waals surface area contributed by atoms with E-state index in [1.54, 1.807) is 0 Å². The fourth-order valence-electron chi connectivity index (χ4n) is 2.09. The SMILES string of the molecule is Cc1ccccc1CN(C)c1ncnc(NN)c1C. The molecule has 2 rings (SSSR count). The van der Waals surface area contributed by atoms with E-state index in [1.165, 1.54) is 17.5 Å². The van der Waals surface area contributed by atoms with Gasteiger partial charge in [0.05, 0.1) is 0 Å². The highest BCUT2D eigenvalue weighted by Gasteiger charge is 2.11. The van der Waals surface area contributed by atoms with Gasteiger partial charge in [-0.05, 0) is 25.0 Å². The molecule has 0 aliphatic carbocycles. The Morgan fingerprint density at radius 3 is 2.63 bits per heavy atom. The Labute approximate surface area is 113 Å². The number of nitrogens with one attached hydrogen (secondary N) is 1. The molecular formula is C14H19N5. The minimum absolute atomic E-state index is 0.654. The van der Waals surface area contributed by atoms with Crippen molar-refractivity contribution in [3.05, 3.63) is 47.3 Å². The van der Waals surface area contributed by atoms with Crippen molar-refractivity contribution in [2.24, 2.45) is 5.84 Å². The normalized spacial score (nSPS) is 10.3. The van der Waals surface area contributed by atoms with Crippen molar-refractivity contribution >= 4 is 11.6 Å². The molecule has 5 nitrogen and oxygen atoms in total. The molecular weight excluding hydrogens is 238 g/mol. The fourth-order valence-corrected chi connectivity index (χ4v) is 2.09. The highest BCUT2D eigenvalue weighted by Crippen LogP contribution is 2.22. The molecule has 0 saturated carbocycles. The van der Waals surface area contributed by atoms with Crippen LogP contribution in [-0.2, 0) is 6.54 Å². The maximum atomic E-state index is 5.44. The lowest BCUT2D eigenvalue weighted by Gasteiger charge is -2.21. The summed E-state index contributed by atoms with van der Waals surface area (Å²) in [5, 5.41) is 0. The molecule has 0 saturated heterocycles. The van der Waals surface area contributed by atoms with Crippen LogP contribution in [0.15, 0.2) is 30.6 Å². The number of nitrogen functional groups attached to an aromatic ring is 1. The van der Waals surface area contributed by atoms with Gasteiger partial charge in [-0.1, -0.05) is 24.3 Å². The number of nitrogens with two attached hydrogens (primary N) is 1. The minimum atomic E-state index is 0.654. The van der Waals surface area contributed by atoms with E-state index in [0.29, 0.717) is 5.82 Å². The molecule has 0 aliphatic heterocycles. The third-order valence-corrected chi connectivity index (χ3v) is 3.22. The molecule has 1 heterocycles. The Bertz CT molecular complexity index is 568. The van der Waals surface area contributed by atoms with Gasteiger partial charge < -0.3 is 10.3 Å². The average molecular weight is 257 g/mol. The lowest BCUT2D eigenvalue weighted by molar-refractivity contribution is 0.876. The van der Waals surface area contributed by atoms with Crippen LogP contribution in [0, 0.1) is 13.8 Å². The van der Waals surface area contributed by atoms with Crippen molar-refractivity contribution < 1.29 is 0 Å². The molecule has 0 bridgehead atoms. The maximum Gasteiger partial charge on any atom is 0.148 e. The summed E-state index contributed by atoms with van der Waals surface area (Å²) in [5.41, 5.74) is 6.09. The van der Waals surface area contributed by atoms with Crippen molar-refractivity contribution in [1.29, 1.82) is 0 Å². The summed E-state index contributed by atoms with van der Waals surface area (Å²) in [6.07, 6.45) is 1.52. The predicted molar refractivity (Wildman–Crippen MR) is 77.9 cm³/mol. The highest BCUT2D eigenvalue weighted by molar-refractivity contribution is 5.57. The molecule has 0 amide bonds. The van der Waals surface area contributed by atoms with E-state index in [-0.39, 0.29) is 0 Å². The van der Waals surface area contributed by atoms with Gasteiger partial charge in [0.1, 0.15) is 18.0 Å². The van der Waals surface area contributed by atoms with Crippen LogP contribution < -0.4 is 16.2 Å². The summed E-state index contributed by atoms with van der Waals surface area (Å²) in [5.74, 6) is 6.97. The van der Waals surface area contributed by atoms with E-state index in [1.807, 2.05) is 20.0 Å². The predicted octanol–water partition coefficient (Wildman–Crippen LogP) is 2.02. The van der Waals surface area contributed by atoms with Crippen LogP contribution in [-0.4, -0.2) is 17.0 Å². The van der Waals surface area contributed by atoms with Crippen molar-refractivity contribution in [3.63, 3.8) is 0 Å². The Morgan fingerprint density at radius 1 is 1.21 bits per heavy atom. The molecule has 0 aliphatic rings. The summed E-state index contributed by atoms with van der Waals surface area (Å²) in [7, 11) is 2.02. The Hall–Kier alpha value is -2.14. The highest BCUT2D eigenvalue weighted by atomic mass is 15.3. The molecule has 100 valence electrons. The summed E-state index contributed by atoms with van der Waals surface area (Å²) >= 11 is 0. The number of aromatic nitrogens is 2. The van der Waals surface area contributed by atoms with Gasteiger partial charge in [0.15, 0.2) is 0 Å². The summed E-state index contributed by atoms with van der Waals surface area (Å²) in [4.78, 5) is 10.5. The Balaban J connectivity index is 2.26. The second-order valence-corrected chi connectivity index (χ2v) is 4.60. The Morgan fingerprint density at radius 2 is 1.95 bits per heavy atom. The van der Waals surface area contributed by atoms with Crippen molar-refractivity contribution in [1.82, 2.24) is 9.97 Å². The monoisotopic (exact) mass is 257 g/mol. The fraction of sp³-hybridized carbons (Fsp3) is 0.286. The van der Waals surface area contributed by atoms with Crippen molar-refractivity contribution in [2.45, 2.75) is 20.4 Å². The van der Waals surface area contributed by atoms with Crippen LogP contribution in [0.1, 0.15) is 16.7 Å². The van der Waals surface area contributed by atoms with Gasteiger partial charge in [-0.3, -0.25) is 0 Å². The molecule has 1 aromatic carbocycles. The van der Waals surface area contributed by atoms with Gasteiger partial charge in [0, 0.05) is 19.2 Å². The number of hydrogen-bond donors (Lipinski definition) is 2. The maximum absolute atomic E-state index is 5.44. The Kier molecular flexibility index (Phi) is 3.97. The third-order valence-electron chi connectivity index (χ3n) is 3.22. The van der Waals surface area contributed by atoms with Gasteiger partial charge in [0.2, 0.25) is 0 Å². The standard InChI is InChI=1S/C14H19N5/c1-10-6-4-5-7-12(10)8-19(3)14-11(2)13(18-15)16-9-17-14/h4-7,9H,8,15H2,1-3H3,(H,16,17,18). The minimum Gasteiger partial charge on any atom is -0.355 e. The molecule has 0 spiro atoms. The largest absolute Gasteiger partial charge is 0.355 e. The molecule has 3 N–H and O–H groups in total. The third kappa shape index (κ3) is 2.82. The van der Waals surface area contributed by atoms with E-state index in [9.17, 15) is 0 Å². The summed E-state index contributed by atoms with van der Waals surface area (Å²) in [6.45, 7) is 4.87. The van der Waals surface area contributed by atoms with E-state index in [0.717, 1.165) is 17.9 Å². The first-order valence-corrected chi connectivity index (χ1v) is 6.17. The molecule has 0 unspecified atom stereocenters. The van der Waals surface area contributed by atoms with Gasteiger partial charge >= 0.3 is 0 Å². The van der Waals surface area contributed by atoms with Gasteiger partial charge in [-0.15, -0.1) is 0 Å². The second-order valence-electron chi connectivity index (χ2n) is 4.60. The van der Waals surface area contributed by atoms with Crippen molar-refractivity contribution in [3.8, 4) is 0 Å². The summed E-state index contributed by atoms with van der Waals surface area (Å²) < 4.78 is 0. The molecule has 0 atom stereocenters. The first kappa shape index (κ1) is 13.3. The molecule has 5 heteroatoms. The van der Waals surface area contributed by atoms with Crippen molar-refractivity contribution in [2.75, 3.05) is 17.4 Å². The second kappa shape index (κ2) is 5.67. The quantitative estimate of drug-likeness (QED) is 0.648. The number of hydrogen-bond acceptors (Lipinski definition) is 5. The zero-order chi connectivity index (χ0) is 13.8. The average Bonchev–Trinajstić information content (AvgIpc) is 2.41. The van der Waals surface area contributed by atoms with Gasteiger partial charge in [-0.25, -0.2) is 15.8 Å². The number of rotatable bonds is 4. The van der Waals surface area contributed by atoms with E-state index >= 15 is 0 Å². The topological polar surface area (TPSA) is 67.1 Å². The van der Waals surface area contributed by atoms with E-state index < -0.39 is 0 Å². The molecule has 1 aromatic heterocycles. The number of anilines is 2. The van der Waals surface area contributed by atoms with Crippen LogP contribution in [0.5, 0.6) is 0 Å². The number of benzene rings is 1. The zero-order valence-corrected chi connectivity index (χ0v) is 11.5. The summed E-state index contributed by atoms with van der Waals surface area (Å²) in [6, 6.07) is 8.34. The lowest BCUT2D eigenvalue weighted by atomic mass is 10.1. The van der Waals surface area contributed by atoms with Gasteiger partial charge in [-0.2, -0.15) is 0 Å². The van der Waals surface area contributed by atoms with Crippen LogP contribution in [0.4, 0.5) is 11.6 Å². The first-order valence-electron chi connectivity index (χ1n) is 6.17. The smallest absolute Gasteiger partial charge is 0.148 e. The molecule has 2 aromatic rings. The number of aryl methyl sites for hydroxylation is 1. The van der Waals surface area contributed by atoms with Crippen LogP contribution in [0.25, 0.3) is 0 Å². The first-order chi connectivity index (χ1) is 9.13. The van der Waals surface area contributed by atoms with Crippen LogP contribution in [0.2, 0.25) is 0 Å². The zero-order valence-electron chi connectivity index (χ0n) is 11.5. The molecule has 19 heavy (non-hydrogen) atoms. The van der Waals surface area contributed by atoms with Crippen LogP contribution in [0.3, 0.4) is 0 Å². The molecule has 0 fully saturated rings. The van der Waals surface area contributed by atoms with E-state index in [2.05, 4.69) is 45.4 Å². The number of hydrazine groups is 1. The lowest BCUT2D eigenvalue weighted by Crippen LogP contribution is -2.21.